The van der Waals surface area contributed by atoms with E-state index in [2.05, 4.69) is 64.3 Å². The Morgan fingerprint density at radius 2 is 1.85 bits per heavy atom. The van der Waals surface area contributed by atoms with E-state index in [1.54, 1.807) is 0 Å². The molecule has 3 aromatic rings. The number of hydrogen-bond acceptors (Lipinski definition) is 8. The summed E-state index contributed by atoms with van der Waals surface area (Å²) in [5, 5.41) is 16.4. The minimum atomic E-state index is 0.0228. The fourth-order valence-electron chi connectivity index (χ4n) is 6.60. The van der Waals surface area contributed by atoms with Crippen molar-refractivity contribution >= 4 is 28.9 Å². The maximum atomic E-state index is 9.45. The van der Waals surface area contributed by atoms with Gasteiger partial charge in [-0.15, -0.1) is 0 Å². The second-order valence-corrected chi connectivity index (χ2v) is 12.2. The first-order chi connectivity index (χ1) is 19.6. The summed E-state index contributed by atoms with van der Waals surface area (Å²) in [6.07, 6.45) is 8.87. The number of benzene rings is 1. The maximum absolute atomic E-state index is 9.45. The minimum absolute atomic E-state index is 0.0228. The van der Waals surface area contributed by atoms with Crippen molar-refractivity contribution in [2.24, 2.45) is 17.8 Å². The van der Waals surface area contributed by atoms with Gasteiger partial charge in [-0.2, -0.15) is 15.0 Å². The maximum Gasteiger partial charge on any atom is 0.226 e. The van der Waals surface area contributed by atoms with Crippen LogP contribution in [0.3, 0.4) is 0 Å². The van der Waals surface area contributed by atoms with Crippen molar-refractivity contribution in [3.05, 3.63) is 35.9 Å². The van der Waals surface area contributed by atoms with E-state index < -0.39 is 0 Å². The Balaban J connectivity index is 1.45. The number of ether oxygens (including phenoxy) is 1. The number of fused-ring (bicyclic) bond motifs is 1. The number of aliphatic hydroxyl groups excluding tert-OH is 1. The molecule has 3 fully saturated rings. The van der Waals surface area contributed by atoms with Gasteiger partial charge in [0.25, 0.3) is 0 Å². The predicted molar refractivity (Wildman–Crippen MR) is 160 cm³/mol. The van der Waals surface area contributed by atoms with E-state index in [-0.39, 0.29) is 12.6 Å². The molecule has 40 heavy (non-hydrogen) atoms. The second kappa shape index (κ2) is 12.3. The molecule has 0 amide bonds. The molecule has 3 heterocycles. The molecule has 2 saturated carbocycles. The summed E-state index contributed by atoms with van der Waals surface area (Å²) in [6.45, 7) is 8.07. The lowest BCUT2D eigenvalue weighted by molar-refractivity contribution is 0.0927. The summed E-state index contributed by atoms with van der Waals surface area (Å²) in [6, 6.07) is 11.0. The van der Waals surface area contributed by atoms with Crippen LogP contribution in [0, 0.1) is 17.8 Å². The Kier molecular flexibility index (Phi) is 8.39. The molecule has 9 nitrogen and oxygen atoms in total. The average molecular weight is 548 g/mol. The number of aliphatic hydroxyl groups is 1. The topological polar surface area (TPSA) is 100 Å². The predicted octanol–water partition coefficient (Wildman–Crippen LogP) is 5.24. The summed E-state index contributed by atoms with van der Waals surface area (Å²) in [4.78, 5) is 17.5. The third-order valence-corrected chi connectivity index (χ3v) is 9.35. The SMILES string of the molecule is CC1CCC(Cn2c(N3CCOC[C@H]3c3ccccc3)nc3nc(NCCO)nc(N[C@H](C)C4CCC4)c32)CC1. The minimum Gasteiger partial charge on any atom is -0.395 e. The molecule has 9 heteroatoms. The Labute approximate surface area is 237 Å². The zero-order valence-electron chi connectivity index (χ0n) is 24.1. The van der Waals surface area contributed by atoms with Crippen LogP contribution >= 0.6 is 0 Å². The fraction of sp³-hybridized carbons (Fsp3) is 0.645. The molecule has 2 aromatic heterocycles. The molecule has 1 aliphatic heterocycles. The van der Waals surface area contributed by atoms with Gasteiger partial charge in [0, 0.05) is 25.7 Å². The Morgan fingerprint density at radius 1 is 1.05 bits per heavy atom. The highest BCUT2D eigenvalue weighted by Crippen LogP contribution is 2.38. The van der Waals surface area contributed by atoms with Crippen LogP contribution in [0.5, 0.6) is 0 Å². The number of imidazole rings is 1. The normalized spacial score (nSPS) is 24.6. The van der Waals surface area contributed by atoms with Crippen LogP contribution in [-0.2, 0) is 11.3 Å². The molecule has 2 atom stereocenters. The quantitative estimate of drug-likeness (QED) is 0.317. The van der Waals surface area contributed by atoms with Crippen molar-refractivity contribution in [1.82, 2.24) is 19.5 Å². The van der Waals surface area contributed by atoms with E-state index in [1.807, 2.05) is 0 Å². The monoisotopic (exact) mass is 547 g/mol. The van der Waals surface area contributed by atoms with Crippen molar-refractivity contribution in [1.29, 1.82) is 0 Å². The first kappa shape index (κ1) is 27.3. The van der Waals surface area contributed by atoms with E-state index in [0.29, 0.717) is 49.2 Å². The van der Waals surface area contributed by atoms with Crippen LogP contribution in [0.15, 0.2) is 30.3 Å². The number of nitrogens with one attached hydrogen (secondary N) is 2. The van der Waals surface area contributed by atoms with Crippen molar-refractivity contribution in [3.8, 4) is 0 Å². The molecule has 6 rings (SSSR count). The van der Waals surface area contributed by atoms with Crippen molar-refractivity contribution in [3.63, 3.8) is 0 Å². The molecular formula is C31H45N7O2. The standard InChI is InChI=1S/C31H45N7O2/c1-21-11-13-23(14-12-21)19-38-27-28(33-22(2)24-9-6-10-24)34-30(32-15-17-39)35-29(27)36-31(38)37-16-18-40-20-26(37)25-7-4-3-5-8-25/h3-5,7-8,21-24,26,39H,6,9-20H2,1-2H3,(H2,32,33,34,35)/t21?,22-,23?,26+/m1/s1. The van der Waals surface area contributed by atoms with Crippen molar-refractivity contribution in [2.75, 3.05) is 48.4 Å². The van der Waals surface area contributed by atoms with Gasteiger partial charge in [-0.25, -0.2) is 0 Å². The van der Waals surface area contributed by atoms with Gasteiger partial charge in [0.2, 0.25) is 11.9 Å². The van der Waals surface area contributed by atoms with Crippen LogP contribution in [-0.4, -0.2) is 63.6 Å². The number of aromatic nitrogens is 4. The number of rotatable bonds is 10. The van der Waals surface area contributed by atoms with Gasteiger partial charge >= 0.3 is 0 Å². The van der Waals surface area contributed by atoms with Crippen LogP contribution < -0.4 is 15.5 Å². The molecule has 0 unspecified atom stereocenters. The van der Waals surface area contributed by atoms with Gasteiger partial charge in [0.15, 0.2) is 11.5 Å². The van der Waals surface area contributed by atoms with Gasteiger partial charge in [0.1, 0.15) is 5.52 Å². The van der Waals surface area contributed by atoms with Gasteiger partial charge in [-0.1, -0.05) is 56.5 Å². The van der Waals surface area contributed by atoms with Crippen LogP contribution in [0.4, 0.5) is 17.7 Å². The van der Waals surface area contributed by atoms with E-state index >= 15 is 0 Å². The highest BCUT2D eigenvalue weighted by atomic mass is 16.5. The van der Waals surface area contributed by atoms with E-state index in [9.17, 15) is 5.11 Å². The third-order valence-electron chi connectivity index (χ3n) is 9.35. The average Bonchev–Trinajstić information content (AvgIpc) is 3.30. The first-order valence-corrected chi connectivity index (χ1v) is 15.4. The highest BCUT2D eigenvalue weighted by Gasteiger charge is 2.33. The van der Waals surface area contributed by atoms with Gasteiger partial charge in [0.05, 0.1) is 25.9 Å². The van der Waals surface area contributed by atoms with E-state index in [1.165, 1.54) is 50.5 Å². The molecule has 0 bridgehead atoms. The Bertz CT molecular complexity index is 1250. The zero-order valence-corrected chi connectivity index (χ0v) is 24.1. The third kappa shape index (κ3) is 5.77. The summed E-state index contributed by atoms with van der Waals surface area (Å²) in [5.41, 5.74) is 2.93. The Morgan fingerprint density at radius 3 is 2.58 bits per heavy atom. The molecule has 2 aliphatic carbocycles. The largest absolute Gasteiger partial charge is 0.395 e. The fourth-order valence-corrected chi connectivity index (χ4v) is 6.60. The van der Waals surface area contributed by atoms with Gasteiger partial charge < -0.3 is 29.9 Å². The summed E-state index contributed by atoms with van der Waals surface area (Å²) in [5.74, 6) is 4.38. The summed E-state index contributed by atoms with van der Waals surface area (Å²) >= 11 is 0. The van der Waals surface area contributed by atoms with Crippen molar-refractivity contribution < 1.29 is 9.84 Å². The molecule has 3 N–H and O–H groups in total. The lowest BCUT2D eigenvalue weighted by atomic mass is 9.80. The van der Waals surface area contributed by atoms with Crippen LogP contribution in [0.2, 0.25) is 0 Å². The number of morpholine rings is 1. The summed E-state index contributed by atoms with van der Waals surface area (Å²) < 4.78 is 8.42. The van der Waals surface area contributed by atoms with Crippen LogP contribution in [0.1, 0.15) is 70.4 Å². The van der Waals surface area contributed by atoms with Gasteiger partial charge in [-0.05, 0) is 55.9 Å². The number of hydrogen-bond donors (Lipinski definition) is 3. The highest BCUT2D eigenvalue weighted by molar-refractivity contribution is 5.87. The van der Waals surface area contributed by atoms with Crippen molar-refractivity contribution in [2.45, 2.75) is 77.4 Å². The Hall–Kier alpha value is -2.91. The summed E-state index contributed by atoms with van der Waals surface area (Å²) in [7, 11) is 0. The lowest BCUT2D eigenvalue weighted by Crippen LogP contribution is -2.41. The number of nitrogens with zero attached hydrogens (tertiary/aromatic N) is 5. The number of anilines is 3. The first-order valence-electron chi connectivity index (χ1n) is 15.4. The van der Waals surface area contributed by atoms with E-state index in [4.69, 9.17) is 19.7 Å². The van der Waals surface area contributed by atoms with Gasteiger partial charge in [-0.3, -0.25) is 0 Å². The molecule has 3 aliphatic rings. The lowest BCUT2D eigenvalue weighted by Gasteiger charge is -2.37. The molecule has 0 spiro atoms. The molecule has 1 aromatic carbocycles. The second-order valence-electron chi connectivity index (χ2n) is 12.2. The molecule has 216 valence electrons. The smallest absolute Gasteiger partial charge is 0.226 e. The molecular weight excluding hydrogens is 502 g/mol. The molecule has 0 radical (unpaired) electrons. The van der Waals surface area contributed by atoms with E-state index in [0.717, 1.165) is 36.3 Å². The molecule has 1 saturated heterocycles. The van der Waals surface area contributed by atoms with Crippen LogP contribution in [0.25, 0.3) is 11.2 Å². The zero-order chi connectivity index (χ0) is 27.5.